The van der Waals surface area contributed by atoms with Crippen molar-refractivity contribution in [2.75, 3.05) is 0 Å². The molecule has 0 aliphatic carbocycles. The Morgan fingerprint density at radius 3 is 2.68 bits per heavy atom. The maximum Gasteiger partial charge on any atom is 0.237 e. The summed E-state index contributed by atoms with van der Waals surface area (Å²) < 4.78 is 0. The predicted octanol–water partition coefficient (Wildman–Crippen LogP) is 1.60. The van der Waals surface area contributed by atoms with Crippen molar-refractivity contribution in [2.45, 2.75) is 65.2 Å². The van der Waals surface area contributed by atoms with Crippen LogP contribution < -0.4 is 5.32 Å². The summed E-state index contributed by atoms with van der Waals surface area (Å²) in [6.45, 7) is 8.90. The van der Waals surface area contributed by atoms with E-state index in [4.69, 9.17) is 0 Å². The number of hydrogen-bond donors (Lipinski definition) is 2. The third-order valence-corrected chi connectivity index (χ3v) is 4.23. The molecule has 1 aliphatic rings. The van der Waals surface area contributed by atoms with E-state index < -0.39 is 0 Å². The van der Waals surface area contributed by atoms with Crippen LogP contribution >= 0.6 is 0 Å². The fraction of sp³-hybridized carbons (Fsp3) is 0.714. The molecule has 3 unspecified atom stereocenters. The van der Waals surface area contributed by atoms with E-state index in [1.165, 1.54) is 12.8 Å². The first-order valence-electron chi connectivity index (χ1n) is 7.04. The van der Waals surface area contributed by atoms with Crippen molar-refractivity contribution in [3.8, 4) is 0 Å². The van der Waals surface area contributed by atoms with E-state index >= 15 is 0 Å². The average molecular weight is 264 g/mol. The molecule has 0 radical (unpaired) electrons. The number of amides is 1. The van der Waals surface area contributed by atoms with E-state index in [0.29, 0.717) is 18.6 Å². The van der Waals surface area contributed by atoms with Gasteiger partial charge in [-0.2, -0.15) is 5.10 Å². The van der Waals surface area contributed by atoms with Gasteiger partial charge in [-0.3, -0.25) is 14.8 Å². The van der Waals surface area contributed by atoms with E-state index in [-0.39, 0.29) is 11.9 Å². The number of aromatic nitrogens is 2. The topological polar surface area (TPSA) is 61.0 Å². The van der Waals surface area contributed by atoms with Crippen LogP contribution in [0.25, 0.3) is 0 Å². The highest BCUT2D eigenvalue weighted by molar-refractivity contribution is 5.81. The van der Waals surface area contributed by atoms with Crippen LogP contribution in [0.2, 0.25) is 0 Å². The second-order valence-electron chi connectivity index (χ2n) is 5.64. The number of carbonyl (C=O) groups is 1. The van der Waals surface area contributed by atoms with Crippen LogP contribution in [0, 0.1) is 6.92 Å². The number of rotatable bonds is 4. The van der Waals surface area contributed by atoms with Gasteiger partial charge in [-0.25, -0.2) is 0 Å². The molecule has 1 saturated heterocycles. The number of aromatic amines is 1. The van der Waals surface area contributed by atoms with Crippen LogP contribution in [0.4, 0.5) is 0 Å². The minimum absolute atomic E-state index is 0.0697. The highest BCUT2D eigenvalue weighted by Gasteiger charge is 2.34. The fourth-order valence-corrected chi connectivity index (χ4v) is 3.00. The SMILES string of the molecule is Cc1[nH]ncc1CNC(=O)C(C)N1C(C)CCC1C. The number of H-pyrrole nitrogens is 1. The number of nitrogens with one attached hydrogen (secondary N) is 2. The Labute approximate surface area is 114 Å². The lowest BCUT2D eigenvalue weighted by atomic mass is 10.2. The van der Waals surface area contributed by atoms with Crippen molar-refractivity contribution in [2.24, 2.45) is 0 Å². The van der Waals surface area contributed by atoms with Gasteiger partial charge < -0.3 is 5.32 Å². The summed E-state index contributed by atoms with van der Waals surface area (Å²) in [4.78, 5) is 14.6. The minimum atomic E-state index is -0.0697. The molecule has 1 aliphatic heterocycles. The molecule has 0 aromatic carbocycles. The van der Waals surface area contributed by atoms with E-state index in [1.54, 1.807) is 6.20 Å². The van der Waals surface area contributed by atoms with Crippen molar-refractivity contribution >= 4 is 5.91 Å². The molecule has 2 N–H and O–H groups in total. The number of nitrogens with zero attached hydrogens (tertiary/aromatic N) is 2. The lowest BCUT2D eigenvalue weighted by Gasteiger charge is -2.31. The second-order valence-corrected chi connectivity index (χ2v) is 5.64. The number of likely N-dealkylation sites (tertiary alicyclic amines) is 1. The first-order chi connectivity index (χ1) is 9.00. The Morgan fingerprint density at radius 1 is 1.53 bits per heavy atom. The smallest absolute Gasteiger partial charge is 0.237 e. The van der Waals surface area contributed by atoms with Gasteiger partial charge in [0.1, 0.15) is 0 Å². The van der Waals surface area contributed by atoms with Gasteiger partial charge in [-0.05, 0) is 40.5 Å². The fourth-order valence-electron chi connectivity index (χ4n) is 3.00. The van der Waals surface area contributed by atoms with Gasteiger partial charge in [0.25, 0.3) is 0 Å². The number of hydrogen-bond acceptors (Lipinski definition) is 3. The van der Waals surface area contributed by atoms with Gasteiger partial charge in [0.15, 0.2) is 0 Å². The van der Waals surface area contributed by atoms with Crippen molar-refractivity contribution in [1.82, 2.24) is 20.4 Å². The van der Waals surface area contributed by atoms with Crippen LogP contribution in [0.3, 0.4) is 0 Å². The van der Waals surface area contributed by atoms with Crippen LogP contribution in [0.1, 0.15) is 44.9 Å². The largest absolute Gasteiger partial charge is 0.351 e. The average Bonchev–Trinajstić information content (AvgIpc) is 2.92. The zero-order valence-electron chi connectivity index (χ0n) is 12.2. The summed E-state index contributed by atoms with van der Waals surface area (Å²) in [6.07, 6.45) is 4.13. The Bertz CT molecular complexity index is 432. The van der Waals surface area contributed by atoms with Gasteiger partial charge >= 0.3 is 0 Å². The summed E-state index contributed by atoms with van der Waals surface area (Å²) >= 11 is 0. The Morgan fingerprint density at radius 2 is 2.16 bits per heavy atom. The Balaban J connectivity index is 1.91. The van der Waals surface area contributed by atoms with Crippen molar-refractivity contribution < 1.29 is 4.79 Å². The van der Waals surface area contributed by atoms with Gasteiger partial charge in [-0.15, -0.1) is 0 Å². The molecule has 2 heterocycles. The standard InChI is InChI=1S/C14H24N4O/c1-9-5-6-10(2)18(9)12(4)14(19)15-7-13-8-16-17-11(13)3/h8-10,12H,5-7H2,1-4H3,(H,15,19)(H,16,17). The third-order valence-electron chi connectivity index (χ3n) is 4.23. The van der Waals surface area contributed by atoms with Crippen LogP contribution in [0.5, 0.6) is 0 Å². The predicted molar refractivity (Wildman–Crippen MR) is 74.6 cm³/mol. The number of carbonyl (C=O) groups excluding carboxylic acids is 1. The van der Waals surface area contributed by atoms with E-state index in [0.717, 1.165) is 11.3 Å². The molecule has 0 saturated carbocycles. The van der Waals surface area contributed by atoms with Crippen LogP contribution in [-0.2, 0) is 11.3 Å². The molecule has 3 atom stereocenters. The monoisotopic (exact) mass is 264 g/mol. The molecule has 1 amide bonds. The van der Waals surface area contributed by atoms with Gasteiger partial charge in [0, 0.05) is 29.9 Å². The lowest BCUT2D eigenvalue weighted by molar-refractivity contribution is -0.127. The van der Waals surface area contributed by atoms with Gasteiger partial charge in [-0.1, -0.05) is 0 Å². The van der Waals surface area contributed by atoms with Crippen LogP contribution in [0.15, 0.2) is 6.20 Å². The molecule has 1 aromatic rings. The molecule has 0 bridgehead atoms. The molecule has 5 heteroatoms. The van der Waals surface area contributed by atoms with E-state index in [2.05, 4.69) is 34.3 Å². The molecular weight excluding hydrogens is 240 g/mol. The van der Waals surface area contributed by atoms with E-state index in [9.17, 15) is 4.79 Å². The van der Waals surface area contributed by atoms with Crippen molar-refractivity contribution in [3.05, 3.63) is 17.5 Å². The molecular formula is C14H24N4O. The molecule has 106 valence electrons. The molecule has 1 aromatic heterocycles. The minimum Gasteiger partial charge on any atom is -0.351 e. The zero-order chi connectivity index (χ0) is 14.0. The highest BCUT2D eigenvalue weighted by Crippen LogP contribution is 2.25. The molecule has 2 rings (SSSR count). The summed E-state index contributed by atoms with van der Waals surface area (Å²) in [6, 6.07) is 0.914. The number of aryl methyl sites for hydroxylation is 1. The molecule has 1 fully saturated rings. The van der Waals surface area contributed by atoms with Gasteiger partial charge in [0.05, 0.1) is 12.2 Å². The molecule has 0 spiro atoms. The first kappa shape index (κ1) is 14.1. The Hall–Kier alpha value is -1.36. The summed E-state index contributed by atoms with van der Waals surface area (Å²) in [5.74, 6) is 0.0983. The maximum absolute atomic E-state index is 12.2. The third kappa shape index (κ3) is 2.97. The van der Waals surface area contributed by atoms with E-state index in [1.807, 2.05) is 13.8 Å². The van der Waals surface area contributed by atoms with Crippen molar-refractivity contribution in [1.29, 1.82) is 0 Å². The quantitative estimate of drug-likeness (QED) is 0.868. The Kier molecular flexibility index (Phi) is 4.24. The first-order valence-corrected chi connectivity index (χ1v) is 7.04. The molecule has 5 nitrogen and oxygen atoms in total. The maximum atomic E-state index is 12.2. The lowest BCUT2D eigenvalue weighted by Crippen LogP contribution is -2.48. The van der Waals surface area contributed by atoms with Crippen molar-refractivity contribution in [3.63, 3.8) is 0 Å². The zero-order valence-corrected chi connectivity index (χ0v) is 12.2. The van der Waals surface area contributed by atoms with Gasteiger partial charge in [0.2, 0.25) is 5.91 Å². The second kappa shape index (κ2) is 5.74. The summed E-state index contributed by atoms with van der Waals surface area (Å²) in [7, 11) is 0. The van der Waals surface area contributed by atoms with Crippen LogP contribution in [-0.4, -0.2) is 39.1 Å². The summed E-state index contributed by atoms with van der Waals surface area (Å²) in [5.41, 5.74) is 2.05. The summed E-state index contributed by atoms with van der Waals surface area (Å²) in [5, 5.41) is 9.84. The normalized spacial score (nSPS) is 25.5. The molecule has 19 heavy (non-hydrogen) atoms. The highest BCUT2D eigenvalue weighted by atomic mass is 16.2.